The number of nitrogens with zero attached hydrogens (tertiary/aromatic N) is 1. The number of hydrogen-bond acceptors (Lipinski definition) is 3. The first-order chi connectivity index (χ1) is 9.06. The highest BCUT2D eigenvalue weighted by Gasteiger charge is 2.21. The van der Waals surface area contributed by atoms with E-state index in [1.54, 1.807) is 7.05 Å². The summed E-state index contributed by atoms with van der Waals surface area (Å²) in [4.78, 5) is 25.2. The maximum absolute atomic E-state index is 11.8. The molecule has 1 heterocycles. The summed E-state index contributed by atoms with van der Waals surface area (Å²) in [7, 11) is 1.65. The summed E-state index contributed by atoms with van der Waals surface area (Å²) in [5, 5.41) is 5.68. The number of amides is 2. The van der Waals surface area contributed by atoms with Gasteiger partial charge in [0.05, 0.1) is 6.54 Å². The summed E-state index contributed by atoms with van der Waals surface area (Å²) >= 11 is 0. The van der Waals surface area contributed by atoms with Crippen LogP contribution in [0.3, 0.4) is 0 Å². The van der Waals surface area contributed by atoms with Crippen molar-refractivity contribution in [1.82, 2.24) is 15.5 Å². The molecule has 0 unspecified atom stereocenters. The highest BCUT2D eigenvalue weighted by Crippen LogP contribution is 2.10. The molecule has 0 aliphatic carbocycles. The van der Waals surface area contributed by atoms with Crippen LogP contribution in [0.25, 0.3) is 0 Å². The molecule has 0 aromatic heterocycles. The molecule has 108 valence electrons. The molecule has 1 fully saturated rings. The molecule has 2 N–H and O–H groups in total. The number of carbonyl (C=O) groups is 2. The maximum atomic E-state index is 11.8. The second-order valence-electron chi connectivity index (χ2n) is 4.99. The Labute approximate surface area is 115 Å². The monoisotopic (exact) mass is 267 g/mol. The van der Waals surface area contributed by atoms with Gasteiger partial charge in [-0.1, -0.05) is 13.0 Å². The Balaban J connectivity index is 2.32. The summed E-state index contributed by atoms with van der Waals surface area (Å²) in [6.45, 7) is 6.03. The van der Waals surface area contributed by atoms with Crippen molar-refractivity contribution in [3.63, 3.8) is 0 Å². The summed E-state index contributed by atoms with van der Waals surface area (Å²) in [6.07, 6.45) is 4.63. The van der Waals surface area contributed by atoms with Gasteiger partial charge in [-0.3, -0.25) is 14.5 Å². The van der Waals surface area contributed by atoms with Gasteiger partial charge in [0.1, 0.15) is 0 Å². The lowest BCUT2D eigenvalue weighted by Crippen LogP contribution is -2.47. The zero-order valence-corrected chi connectivity index (χ0v) is 12.2. The van der Waals surface area contributed by atoms with Gasteiger partial charge in [0.15, 0.2) is 0 Å². The fourth-order valence-electron chi connectivity index (χ4n) is 2.22. The minimum atomic E-state index is 0.0339. The second-order valence-corrected chi connectivity index (χ2v) is 4.99. The third-order valence-electron chi connectivity index (χ3n) is 3.44. The first-order valence-electron chi connectivity index (χ1n) is 6.97. The SMILES string of the molecule is CC/C=C(/C)C(=O)NC1CCN(CC(=O)NC)CC1. The average molecular weight is 267 g/mol. The molecule has 19 heavy (non-hydrogen) atoms. The van der Waals surface area contributed by atoms with E-state index in [4.69, 9.17) is 0 Å². The van der Waals surface area contributed by atoms with Crippen LogP contribution in [-0.2, 0) is 9.59 Å². The van der Waals surface area contributed by atoms with Gasteiger partial charge in [-0.15, -0.1) is 0 Å². The molecule has 0 bridgehead atoms. The number of rotatable bonds is 5. The van der Waals surface area contributed by atoms with Crippen molar-refractivity contribution in [2.24, 2.45) is 0 Å². The fraction of sp³-hybridized carbons (Fsp3) is 0.714. The Hall–Kier alpha value is -1.36. The normalized spacial score (nSPS) is 18.2. The highest BCUT2D eigenvalue weighted by atomic mass is 16.2. The van der Waals surface area contributed by atoms with E-state index in [1.807, 2.05) is 19.9 Å². The van der Waals surface area contributed by atoms with Crippen molar-refractivity contribution in [3.05, 3.63) is 11.6 Å². The Kier molecular flexibility index (Phi) is 6.56. The van der Waals surface area contributed by atoms with Crippen LogP contribution in [0.1, 0.15) is 33.1 Å². The van der Waals surface area contributed by atoms with Gasteiger partial charge < -0.3 is 10.6 Å². The van der Waals surface area contributed by atoms with Crippen LogP contribution in [0.5, 0.6) is 0 Å². The van der Waals surface area contributed by atoms with Crippen molar-refractivity contribution in [2.75, 3.05) is 26.7 Å². The maximum Gasteiger partial charge on any atom is 0.246 e. The van der Waals surface area contributed by atoms with Crippen molar-refractivity contribution < 1.29 is 9.59 Å². The molecule has 0 aromatic rings. The van der Waals surface area contributed by atoms with Gasteiger partial charge in [0, 0.05) is 31.8 Å². The topological polar surface area (TPSA) is 61.4 Å². The minimum Gasteiger partial charge on any atom is -0.358 e. The quantitative estimate of drug-likeness (QED) is 0.720. The third kappa shape index (κ3) is 5.42. The van der Waals surface area contributed by atoms with E-state index in [0.29, 0.717) is 6.54 Å². The summed E-state index contributed by atoms with van der Waals surface area (Å²) in [5.41, 5.74) is 0.787. The van der Waals surface area contributed by atoms with Crippen LogP contribution in [-0.4, -0.2) is 49.4 Å². The summed E-state index contributed by atoms with van der Waals surface area (Å²) in [6, 6.07) is 0.230. The van der Waals surface area contributed by atoms with Crippen LogP contribution in [0.2, 0.25) is 0 Å². The molecule has 1 rings (SSSR count). The Bertz CT molecular complexity index is 345. The lowest BCUT2D eigenvalue weighted by Gasteiger charge is -2.31. The van der Waals surface area contributed by atoms with Gasteiger partial charge >= 0.3 is 0 Å². The highest BCUT2D eigenvalue weighted by molar-refractivity contribution is 5.92. The van der Waals surface area contributed by atoms with Gasteiger partial charge in [-0.2, -0.15) is 0 Å². The Morgan fingerprint density at radius 1 is 1.32 bits per heavy atom. The molecule has 1 aliphatic rings. The molecular weight excluding hydrogens is 242 g/mol. The van der Waals surface area contributed by atoms with Crippen LogP contribution in [0.4, 0.5) is 0 Å². The van der Waals surface area contributed by atoms with Crippen molar-refractivity contribution in [3.8, 4) is 0 Å². The first-order valence-corrected chi connectivity index (χ1v) is 6.97. The lowest BCUT2D eigenvalue weighted by molar-refractivity contribution is -0.122. The second kappa shape index (κ2) is 7.94. The Morgan fingerprint density at radius 3 is 2.47 bits per heavy atom. The zero-order valence-electron chi connectivity index (χ0n) is 12.2. The third-order valence-corrected chi connectivity index (χ3v) is 3.44. The number of piperidine rings is 1. The Morgan fingerprint density at radius 2 is 1.95 bits per heavy atom. The zero-order chi connectivity index (χ0) is 14.3. The minimum absolute atomic E-state index is 0.0339. The molecule has 1 saturated heterocycles. The van der Waals surface area contributed by atoms with Crippen molar-refractivity contribution >= 4 is 11.8 Å². The molecule has 0 aromatic carbocycles. The predicted molar refractivity (Wildman–Crippen MR) is 75.7 cm³/mol. The smallest absolute Gasteiger partial charge is 0.246 e. The van der Waals surface area contributed by atoms with E-state index in [-0.39, 0.29) is 17.9 Å². The summed E-state index contributed by atoms with van der Waals surface area (Å²) in [5.74, 6) is 0.0795. The number of likely N-dealkylation sites (tertiary alicyclic amines) is 1. The van der Waals surface area contributed by atoms with Gasteiger partial charge in [-0.05, 0) is 26.2 Å². The van der Waals surface area contributed by atoms with Crippen LogP contribution >= 0.6 is 0 Å². The van der Waals surface area contributed by atoms with Crippen LogP contribution in [0, 0.1) is 0 Å². The van der Waals surface area contributed by atoms with Gasteiger partial charge in [0.25, 0.3) is 0 Å². The molecule has 0 spiro atoms. The van der Waals surface area contributed by atoms with E-state index in [9.17, 15) is 9.59 Å². The molecule has 0 saturated carbocycles. The van der Waals surface area contributed by atoms with Gasteiger partial charge in [0.2, 0.25) is 11.8 Å². The molecule has 5 nitrogen and oxygen atoms in total. The van der Waals surface area contributed by atoms with E-state index in [1.165, 1.54) is 0 Å². The molecular formula is C14H25N3O2. The average Bonchev–Trinajstić information content (AvgIpc) is 2.41. The number of nitrogens with one attached hydrogen (secondary N) is 2. The summed E-state index contributed by atoms with van der Waals surface area (Å²) < 4.78 is 0. The van der Waals surface area contributed by atoms with E-state index < -0.39 is 0 Å². The largest absolute Gasteiger partial charge is 0.358 e. The molecule has 0 radical (unpaired) electrons. The number of hydrogen-bond donors (Lipinski definition) is 2. The molecule has 2 amide bonds. The van der Waals surface area contributed by atoms with E-state index in [0.717, 1.165) is 37.9 Å². The first kappa shape index (κ1) is 15.7. The molecule has 5 heteroatoms. The van der Waals surface area contributed by atoms with Crippen LogP contribution < -0.4 is 10.6 Å². The van der Waals surface area contributed by atoms with Crippen LogP contribution in [0.15, 0.2) is 11.6 Å². The van der Waals surface area contributed by atoms with Crippen molar-refractivity contribution in [1.29, 1.82) is 0 Å². The fourth-order valence-corrected chi connectivity index (χ4v) is 2.22. The predicted octanol–water partition coefficient (Wildman–Crippen LogP) is 0.669. The molecule has 0 atom stereocenters. The van der Waals surface area contributed by atoms with E-state index in [2.05, 4.69) is 15.5 Å². The standard InChI is InChI=1S/C14H25N3O2/c1-4-5-11(2)14(19)16-12-6-8-17(9-7-12)10-13(18)15-3/h5,12H,4,6-10H2,1-3H3,(H,15,18)(H,16,19)/b11-5-. The van der Waals surface area contributed by atoms with Crippen molar-refractivity contribution in [2.45, 2.75) is 39.2 Å². The van der Waals surface area contributed by atoms with Gasteiger partial charge in [-0.25, -0.2) is 0 Å². The molecule has 1 aliphatic heterocycles. The number of allylic oxidation sites excluding steroid dienone is 1. The number of carbonyl (C=O) groups excluding carboxylic acids is 2. The lowest BCUT2D eigenvalue weighted by atomic mass is 10.0. The number of likely N-dealkylation sites (N-methyl/N-ethyl adjacent to an activating group) is 1. The van der Waals surface area contributed by atoms with E-state index >= 15 is 0 Å².